The van der Waals surface area contributed by atoms with Crippen LogP contribution in [0.5, 0.6) is 0 Å². The Bertz CT molecular complexity index is 195. The van der Waals surface area contributed by atoms with Gasteiger partial charge in [0.05, 0.1) is 5.54 Å². The van der Waals surface area contributed by atoms with Crippen LogP contribution in [0.3, 0.4) is 0 Å². The van der Waals surface area contributed by atoms with E-state index in [4.69, 9.17) is 6.42 Å². The van der Waals surface area contributed by atoms with Crippen LogP contribution in [0.1, 0.15) is 26.7 Å². The zero-order valence-electron chi connectivity index (χ0n) is 8.93. The number of hydrogen-bond acceptors (Lipinski definition) is 2. The van der Waals surface area contributed by atoms with Crippen LogP contribution in [-0.4, -0.2) is 36.6 Å². The molecular formula is C11H20N2. The topological polar surface area (TPSA) is 15.3 Å². The lowest BCUT2D eigenvalue weighted by atomic mass is 9.99. The molecule has 0 aliphatic carbocycles. The first-order valence-electron chi connectivity index (χ1n) is 4.97. The lowest BCUT2D eigenvalue weighted by Gasteiger charge is -2.34. The molecule has 0 aromatic heterocycles. The zero-order chi connectivity index (χ0) is 9.90. The molecule has 2 heteroatoms. The Morgan fingerprint density at radius 3 is 2.38 bits per heavy atom. The third-order valence-corrected chi connectivity index (χ3v) is 2.64. The predicted molar refractivity (Wildman–Crippen MR) is 56.6 cm³/mol. The second-order valence-electron chi connectivity index (χ2n) is 4.49. The summed E-state index contributed by atoms with van der Waals surface area (Å²) in [5.74, 6) is 2.78. The molecule has 0 bridgehead atoms. The van der Waals surface area contributed by atoms with E-state index in [1.54, 1.807) is 0 Å². The quantitative estimate of drug-likeness (QED) is 0.640. The minimum absolute atomic E-state index is 0.152. The molecule has 1 fully saturated rings. The summed E-state index contributed by atoms with van der Waals surface area (Å²) in [6, 6.07) is 0.599. The molecule has 0 amide bonds. The van der Waals surface area contributed by atoms with E-state index in [1.807, 2.05) is 0 Å². The largest absolute Gasteiger partial charge is 0.306 e. The van der Waals surface area contributed by atoms with E-state index in [1.165, 1.54) is 25.9 Å². The Labute approximate surface area is 81.7 Å². The summed E-state index contributed by atoms with van der Waals surface area (Å²) in [6.45, 7) is 6.48. The van der Waals surface area contributed by atoms with Crippen LogP contribution in [0.2, 0.25) is 0 Å². The number of nitrogens with zero attached hydrogens (tertiary/aromatic N) is 1. The van der Waals surface area contributed by atoms with Crippen molar-refractivity contribution in [2.24, 2.45) is 0 Å². The molecule has 0 aromatic rings. The maximum absolute atomic E-state index is 5.43. The average Bonchev–Trinajstić information content (AvgIpc) is 2.09. The molecule has 1 N–H and O–H groups in total. The molecule has 0 spiro atoms. The van der Waals surface area contributed by atoms with Gasteiger partial charge in [-0.3, -0.25) is 5.32 Å². The molecule has 0 unspecified atom stereocenters. The molecule has 0 atom stereocenters. The highest BCUT2D eigenvalue weighted by atomic mass is 15.1. The van der Waals surface area contributed by atoms with Crippen molar-refractivity contribution < 1.29 is 0 Å². The van der Waals surface area contributed by atoms with Crippen LogP contribution in [0.25, 0.3) is 0 Å². The Balaban J connectivity index is 2.35. The molecule has 0 aromatic carbocycles. The molecule has 13 heavy (non-hydrogen) atoms. The third-order valence-electron chi connectivity index (χ3n) is 2.64. The molecule has 1 saturated heterocycles. The fourth-order valence-electron chi connectivity index (χ4n) is 1.70. The first-order valence-corrected chi connectivity index (χ1v) is 4.97. The molecule has 1 aliphatic heterocycles. The average molecular weight is 180 g/mol. The number of rotatable bonds is 2. The van der Waals surface area contributed by atoms with Crippen LogP contribution in [0.4, 0.5) is 0 Å². The fourth-order valence-corrected chi connectivity index (χ4v) is 1.70. The van der Waals surface area contributed by atoms with Crippen LogP contribution in [-0.2, 0) is 0 Å². The van der Waals surface area contributed by atoms with E-state index in [0.29, 0.717) is 6.04 Å². The van der Waals surface area contributed by atoms with Gasteiger partial charge < -0.3 is 4.90 Å². The van der Waals surface area contributed by atoms with Crippen molar-refractivity contribution in [1.82, 2.24) is 10.2 Å². The summed E-state index contributed by atoms with van der Waals surface area (Å²) < 4.78 is 0. The summed E-state index contributed by atoms with van der Waals surface area (Å²) in [4.78, 5) is 2.36. The number of terminal acetylenes is 1. The van der Waals surface area contributed by atoms with Gasteiger partial charge in [0.2, 0.25) is 0 Å². The molecule has 1 heterocycles. The first-order chi connectivity index (χ1) is 6.03. The third kappa shape index (κ3) is 3.38. The van der Waals surface area contributed by atoms with Gasteiger partial charge in [0.1, 0.15) is 0 Å². The number of nitrogens with one attached hydrogen (secondary N) is 1. The maximum atomic E-state index is 5.43. The molecule has 0 radical (unpaired) electrons. The van der Waals surface area contributed by atoms with Gasteiger partial charge >= 0.3 is 0 Å². The van der Waals surface area contributed by atoms with Crippen molar-refractivity contribution in [1.29, 1.82) is 0 Å². The van der Waals surface area contributed by atoms with Gasteiger partial charge in [-0.2, -0.15) is 0 Å². The molecule has 0 saturated carbocycles. The Hall–Kier alpha value is -0.520. The standard InChI is InChI=1S/C11H20N2/c1-5-11(2,3)12-10-6-8-13(4)9-7-10/h1,10,12H,6-9H2,2-4H3. The monoisotopic (exact) mass is 180 g/mol. The summed E-state index contributed by atoms with van der Waals surface area (Å²) in [5, 5.41) is 3.50. The zero-order valence-corrected chi connectivity index (χ0v) is 8.93. The van der Waals surface area contributed by atoms with E-state index in [-0.39, 0.29) is 5.54 Å². The van der Waals surface area contributed by atoms with Crippen LogP contribution in [0, 0.1) is 12.3 Å². The highest BCUT2D eigenvalue weighted by Crippen LogP contribution is 2.12. The number of piperidine rings is 1. The smallest absolute Gasteiger partial charge is 0.0743 e. The van der Waals surface area contributed by atoms with E-state index < -0.39 is 0 Å². The second-order valence-corrected chi connectivity index (χ2v) is 4.49. The highest BCUT2D eigenvalue weighted by Gasteiger charge is 2.22. The Morgan fingerprint density at radius 1 is 1.38 bits per heavy atom. The van der Waals surface area contributed by atoms with Gasteiger partial charge in [0, 0.05) is 6.04 Å². The predicted octanol–water partition coefficient (Wildman–Crippen LogP) is 1.08. The van der Waals surface area contributed by atoms with E-state index in [2.05, 4.69) is 37.0 Å². The van der Waals surface area contributed by atoms with Crippen molar-refractivity contribution >= 4 is 0 Å². The second kappa shape index (κ2) is 4.13. The van der Waals surface area contributed by atoms with Gasteiger partial charge in [-0.15, -0.1) is 6.42 Å². The lowest BCUT2D eigenvalue weighted by Crippen LogP contribution is -2.49. The normalized spacial score (nSPS) is 21.4. The van der Waals surface area contributed by atoms with E-state index in [0.717, 1.165) is 0 Å². The molecule has 2 nitrogen and oxygen atoms in total. The van der Waals surface area contributed by atoms with E-state index >= 15 is 0 Å². The summed E-state index contributed by atoms with van der Waals surface area (Å²) >= 11 is 0. The van der Waals surface area contributed by atoms with Crippen LogP contribution >= 0.6 is 0 Å². The van der Waals surface area contributed by atoms with Crippen LogP contribution in [0.15, 0.2) is 0 Å². The molecular weight excluding hydrogens is 160 g/mol. The Morgan fingerprint density at radius 2 is 1.92 bits per heavy atom. The van der Waals surface area contributed by atoms with Crippen molar-refractivity contribution in [3.05, 3.63) is 0 Å². The molecule has 1 aliphatic rings. The maximum Gasteiger partial charge on any atom is 0.0743 e. The van der Waals surface area contributed by atoms with Crippen molar-refractivity contribution in [3.63, 3.8) is 0 Å². The summed E-state index contributed by atoms with van der Waals surface area (Å²) in [5.41, 5.74) is -0.152. The SMILES string of the molecule is C#CC(C)(C)NC1CCN(C)CC1. The van der Waals surface area contributed by atoms with Crippen molar-refractivity contribution in [2.45, 2.75) is 38.3 Å². The minimum Gasteiger partial charge on any atom is -0.306 e. The summed E-state index contributed by atoms with van der Waals surface area (Å²) in [7, 11) is 2.17. The van der Waals surface area contributed by atoms with E-state index in [9.17, 15) is 0 Å². The van der Waals surface area contributed by atoms with Gasteiger partial charge in [-0.1, -0.05) is 5.92 Å². The van der Waals surface area contributed by atoms with Crippen LogP contribution < -0.4 is 5.32 Å². The minimum atomic E-state index is -0.152. The van der Waals surface area contributed by atoms with Gasteiger partial charge in [0.15, 0.2) is 0 Å². The van der Waals surface area contributed by atoms with Gasteiger partial charge in [0.25, 0.3) is 0 Å². The number of likely N-dealkylation sites (tertiary alicyclic amines) is 1. The molecule has 1 rings (SSSR count). The molecule has 74 valence electrons. The lowest BCUT2D eigenvalue weighted by molar-refractivity contribution is 0.219. The van der Waals surface area contributed by atoms with Crippen molar-refractivity contribution in [3.8, 4) is 12.3 Å². The van der Waals surface area contributed by atoms with Gasteiger partial charge in [-0.05, 0) is 46.8 Å². The highest BCUT2D eigenvalue weighted by molar-refractivity contribution is 5.08. The Kier molecular flexibility index (Phi) is 3.35. The fraction of sp³-hybridized carbons (Fsp3) is 0.818. The summed E-state index contributed by atoms with van der Waals surface area (Å²) in [6.07, 6.45) is 7.85. The van der Waals surface area contributed by atoms with Gasteiger partial charge in [-0.25, -0.2) is 0 Å². The number of hydrogen-bond donors (Lipinski definition) is 1. The van der Waals surface area contributed by atoms with Crippen molar-refractivity contribution in [2.75, 3.05) is 20.1 Å². The first kappa shape index (κ1) is 10.6.